The summed E-state index contributed by atoms with van der Waals surface area (Å²) in [7, 11) is 0. The molecule has 0 unspecified atom stereocenters. The van der Waals surface area contributed by atoms with Gasteiger partial charge < -0.3 is 5.32 Å². The Morgan fingerprint density at radius 1 is 1.17 bits per heavy atom. The van der Waals surface area contributed by atoms with Crippen LogP contribution in [0.2, 0.25) is 0 Å². The molecule has 3 rings (SSSR count). The third-order valence-electron chi connectivity index (χ3n) is 4.12. The number of carbonyl (C=O) groups is 1. The van der Waals surface area contributed by atoms with Gasteiger partial charge in [0.05, 0.1) is 4.88 Å². The number of thiophene rings is 1. The zero-order chi connectivity index (χ0) is 15.9. The second-order valence-corrected chi connectivity index (χ2v) is 6.68. The number of hydrogen-bond acceptors (Lipinski definition) is 3. The van der Waals surface area contributed by atoms with Crippen LogP contribution < -0.4 is 5.32 Å². The van der Waals surface area contributed by atoms with Gasteiger partial charge in [0.25, 0.3) is 5.91 Å². The maximum absolute atomic E-state index is 11.8. The smallest absolute Gasteiger partial charge is 0.261 e. The van der Waals surface area contributed by atoms with E-state index in [4.69, 9.17) is 0 Å². The van der Waals surface area contributed by atoms with Crippen LogP contribution in [0.5, 0.6) is 0 Å². The van der Waals surface area contributed by atoms with Crippen molar-refractivity contribution >= 4 is 22.8 Å². The Kier molecular flexibility index (Phi) is 5.61. The van der Waals surface area contributed by atoms with E-state index >= 15 is 0 Å². The molecule has 1 aliphatic heterocycles. The second-order valence-electron chi connectivity index (χ2n) is 5.73. The van der Waals surface area contributed by atoms with Crippen LogP contribution in [0.25, 0.3) is 5.57 Å². The summed E-state index contributed by atoms with van der Waals surface area (Å²) in [6.07, 6.45) is 4.43. The molecule has 2 heterocycles. The second kappa shape index (κ2) is 8.09. The zero-order valence-corrected chi connectivity index (χ0v) is 14.0. The van der Waals surface area contributed by atoms with Crippen molar-refractivity contribution in [3.05, 3.63) is 64.4 Å². The molecule has 0 radical (unpaired) electrons. The fourth-order valence-corrected chi connectivity index (χ4v) is 3.47. The molecule has 1 aliphatic rings. The number of hydrogen-bond donors (Lipinski definition) is 1. The molecule has 1 aromatic heterocycles. The van der Waals surface area contributed by atoms with Crippen LogP contribution in [0.1, 0.15) is 28.1 Å². The summed E-state index contributed by atoms with van der Waals surface area (Å²) in [5, 5.41) is 4.92. The van der Waals surface area contributed by atoms with Crippen molar-refractivity contribution in [3.63, 3.8) is 0 Å². The molecule has 3 nitrogen and oxygen atoms in total. The van der Waals surface area contributed by atoms with Gasteiger partial charge in [0.2, 0.25) is 0 Å². The van der Waals surface area contributed by atoms with E-state index in [9.17, 15) is 4.79 Å². The highest BCUT2D eigenvalue weighted by atomic mass is 32.1. The van der Waals surface area contributed by atoms with Gasteiger partial charge in [-0.05, 0) is 35.4 Å². The molecule has 4 heteroatoms. The minimum atomic E-state index is 0.0462. The van der Waals surface area contributed by atoms with Crippen molar-refractivity contribution in [1.29, 1.82) is 0 Å². The van der Waals surface area contributed by atoms with Gasteiger partial charge in [-0.1, -0.05) is 42.5 Å². The van der Waals surface area contributed by atoms with Crippen molar-refractivity contribution < 1.29 is 4.79 Å². The molecule has 2 aromatic rings. The van der Waals surface area contributed by atoms with E-state index in [1.807, 2.05) is 17.5 Å². The molecule has 1 N–H and O–H groups in total. The van der Waals surface area contributed by atoms with Crippen molar-refractivity contribution in [2.24, 2.45) is 0 Å². The minimum absolute atomic E-state index is 0.0462. The van der Waals surface area contributed by atoms with E-state index in [0.717, 1.165) is 43.9 Å². The lowest BCUT2D eigenvalue weighted by Gasteiger charge is -2.26. The quantitative estimate of drug-likeness (QED) is 0.822. The summed E-state index contributed by atoms with van der Waals surface area (Å²) in [5.41, 5.74) is 2.79. The lowest BCUT2D eigenvalue weighted by Crippen LogP contribution is -2.32. The predicted octanol–water partition coefficient (Wildman–Crippen LogP) is 3.66. The van der Waals surface area contributed by atoms with Gasteiger partial charge in [0, 0.05) is 26.2 Å². The number of nitrogens with zero attached hydrogens (tertiary/aromatic N) is 1. The molecule has 0 saturated carbocycles. The number of amides is 1. The summed E-state index contributed by atoms with van der Waals surface area (Å²) in [5.74, 6) is 0.0462. The SMILES string of the molecule is O=C(NCCCN1CC=C(c2ccccc2)CC1)c1cccs1. The molecule has 0 aliphatic carbocycles. The lowest BCUT2D eigenvalue weighted by atomic mass is 9.99. The summed E-state index contributed by atoms with van der Waals surface area (Å²) in [4.78, 5) is 15.1. The fraction of sp³-hybridized carbons (Fsp3) is 0.316. The van der Waals surface area contributed by atoms with E-state index in [1.165, 1.54) is 22.5 Å². The molecule has 0 fully saturated rings. The Morgan fingerprint density at radius 3 is 2.74 bits per heavy atom. The molecular weight excluding hydrogens is 304 g/mol. The van der Waals surface area contributed by atoms with Crippen LogP contribution in [-0.4, -0.2) is 37.0 Å². The van der Waals surface area contributed by atoms with Gasteiger partial charge in [-0.25, -0.2) is 0 Å². The third-order valence-corrected chi connectivity index (χ3v) is 4.99. The average Bonchev–Trinajstić information content (AvgIpc) is 3.15. The monoisotopic (exact) mass is 326 g/mol. The van der Waals surface area contributed by atoms with E-state index < -0.39 is 0 Å². The van der Waals surface area contributed by atoms with E-state index in [0.29, 0.717) is 0 Å². The highest BCUT2D eigenvalue weighted by molar-refractivity contribution is 7.12. The Balaban J connectivity index is 1.38. The first kappa shape index (κ1) is 16.0. The molecular formula is C19H22N2OS. The Labute approximate surface area is 141 Å². The first-order valence-electron chi connectivity index (χ1n) is 8.11. The topological polar surface area (TPSA) is 32.3 Å². The number of carbonyl (C=O) groups excluding carboxylic acids is 1. The van der Waals surface area contributed by atoms with Crippen molar-refractivity contribution in [2.45, 2.75) is 12.8 Å². The van der Waals surface area contributed by atoms with Gasteiger partial charge in [0.1, 0.15) is 0 Å². The van der Waals surface area contributed by atoms with E-state index in [1.54, 1.807) is 0 Å². The van der Waals surface area contributed by atoms with Crippen molar-refractivity contribution in [3.8, 4) is 0 Å². The van der Waals surface area contributed by atoms with Crippen LogP contribution in [-0.2, 0) is 0 Å². The van der Waals surface area contributed by atoms with Gasteiger partial charge in [-0.15, -0.1) is 11.3 Å². The maximum Gasteiger partial charge on any atom is 0.261 e. The highest BCUT2D eigenvalue weighted by Gasteiger charge is 2.12. The first-order chi connectivity index (χ1) is 11.3. The molecule has 120 valence electrons. The van der Waals surface area contributed by atoms with Gasteiger partial charge in [-0.3, -0.25) is 9.69 Å². The molecule has 0 spiro atoms. The normalized spacial score (nSPS) is 15.2. The molecule has 0 bridgehead atoms. The fourth-order valence-electron chi connectivity index (χ4n) is 2.83. The molecule has 0 saturated heterocycles. The molecule has 1 amide bonds. The Morgan fingerprint density at radius 2 is 2.04 bits per heavy atom. The first-order valence-corrected chi connectivity index (χ1v) is 8.99. The largest absolute Gasteiger partial charge is 0.351 e. The molecule has 23 heavy (non-hydrogen) atoms. The lowest BCUT2D eigenvalue weighted by molar-refractivity contribution is 0.0956. The van der Waals surface area contributed by atoms with Gasteiger partial charge in [0.15, 0.2) is 0 Å². The molecule has 0 atom stereocenters. The van der Waals surface area contributed by atoms with Crippen molar-refractivity contribution in [2.75, 3.05) is 26.2 Å². The summed E-state index contributed by atoms with van der Waals surface area (Å²) in [6.45, 7) is 3.87. The van der Waals surface area contributed by atoms with E-state index in [-0.39, 0.29) is 5.91 Å². The highest BCUT2D eigenvalue weighted by Crippen LogP contribution is 2.21. The van der Waals surface area contributed by atoms with Crippen LogP contribution in [0.4, 0.5) is 0 Å². The Hall–Kier alpha value is -1.91. The van der Waals surface area contributed by atoms with Crippen LogP contribution in [0, 0.1) is 0 Å². The van der Waals surface area contributed by atoms with Crippen LogP contribution in [0.15, 0.2) is 53.9 Å². The maximum atomic E-state index is 11.8. The number of nitrogens with one attached hydrogen (secondary N) is 1. The third kappa shape index (κ3) is 4.53. The van der Waals surface area contributed by atoms with Crippen LogP contribution >= 0.6 is 11.3 Å². The van der Waals surface area contributed by atoms with Crippen LogP contribution in [0.3, 0.4) is 0 Å². The summed E-state index contributed by atoms with van der Waals surface area (Å²) in [6, 6.07) is 14.4. The average molecular weight is 326 g/mol. The van der Waals surface area contributed by atoms with Crippen molar-refractivity contribution in [1.82, 2.24) is 10.2 Å². The molecule has 1 aromatic carbocycles. The van der Waals surface area contributed by atoms with Gasteiger partial charge >= 0.3 is 0 Å². The standard InChI is InChI=1S/C19H22N2OS/c22-19(18-8-4-15-23-18)20-11-5-12-21-13-9-17(10-14-21)16-6-2-1-3-7-16/h1-4,6-9,15H,5,10-14H2,(H,20,22). The predicted molar refractivity (Wildman–Crippen MR) is 96.7 cm³/mol. The Bertz CT molecular complexity index is 649. The zero-order valence-electron chi connectivity index (χ0n) is 13.2. The number of rotatable bonds is 6. The summed E-state index contributed by atoms with van der Waals surface area (Å²) < 4.78 is 0. The van der Waals surface area contributed by atoms with Gasteiger partial charge in [-0.2, -0.15) is 0 Å². The number of benzene rings is 1. The summed E-state index contributed by atoms with van der Waals surface area (Å²) >= 11 is 1.49. The minimum Gasteiger partial charge on any atom is -0.351 e. The van der Waals surface area contributed by atoms with E-state index in [2.05, 4.69) is 46.6 Å².